The van der Waals surface area contributed by atoms with Gasteiger partial charge in [-0.25, -0.2) is 9.78 Å². The number of carboxylic acids is 1. The van der Waals surface area contributed by atoms with Gasteiger partial charge in [-0.1, -0.05) is 20.8 Å². The molecule has 1 rings (SSSR count). The summed E-state index contributed by atoms with van der Waals surface area (Å²) in [5.74, 6) is -0.758. The molecule has 3 N–H and O–H groups in total. The number of aromatic nitrogens is 1. The van der Waals surface area contributed by atoms with Crippen molar-refractivity contribution in [2.45, 2.75) is 45.6 Å². The lowest BCUT2D eigenvalue weighted by Crippen LogP contribution is -2.21. The molecule has 1 aromatic heterocycles. The Balaban J connectivity index is 2.97. The molecule has 1 heterocycles. The van der Waals surface area contributed by atoms with Gasteiger partial charge in [0.15, 0.2) is 0 Å². The molecule has 5 heteroatoms. The number of carbonyl (C=O) groups is 1. The number of hydrogen-bond acceptors (Lipinski definition) is 4. The SMILES string of the molecule is CCC(N)Cc1nc(C(C)C)c(C(=O)O)s1. The number of thiazole rings is 1. The first kappa shape index (κ1) is 13.1. The second kappa shape index (κ2) is 5.41. The molecule has 16 heavy (non-hydrogen) atoms. The monoisotopic (exact) mass is 242 g/mol. The lowest BCUT2D eigenvalue weighted by atomic mass is 10.1. The summed E-state index contributed by atoms with van der Waals surface area (Å²) in [7, 11) is 0. The van der Waals surface area contributed by atoms with E-state index in [1.54, 1.807) is 0 Å². The van der Waals surface area contributed by atoms with Crippen LogP contribution in [-0.4, -0.2) is 22.1 Å². The number of aromatic carboxylic acids is 1. The van der Waals surface area contributed by atoms with E-state index in [0.717, 1.165) is 11.4 Å². The summed E-state index contributed by atoms with van der Waals surface area (Å²) in [6, 6.07) is 0.0628. The van der Waals surface area contributed by atoms with Gasteiger partial charge in [0.25, 0.3) is 0 Å². The predicted octanol–water partition coefficient (Wildman–Crippen LogP) is 2.24. The van der Waals surface area contributed by atoms with Gasteiger partial charge in [0.2, 0.25) is 0 Å². The van der Waals surface area contributed by atoms with Gasteiger partial charge < -0.3 is 10.8 Å². The zero-order valence-electron chi connectivity index (χ0n) is 9.86. The summed E-state index contributed by atoms with van der Waals surface area (Å²) in [6.45, 7) is 5.91. The molecule has 0 radical (unpaired) electrons. The van der Waals surface area contributed by atoms with Crippen LogP contribution < -0.4 is 5.73 Å². The zero-order valence-corrected chi connectivity index (χ0v) is 10.7. The van der Waals surface area contributed by atoms with Crippen molar-refractivity contribution in [1.29, 1.82) is 0 Å². The first-order chi connectivity index (χ1) is 7.45. The van der Waals surface area contributed by atoms with E-state index < -0.39 is 5.97 Å². The van der Waals surface area contributed by atoms with E-state index in [1.807, 2.05) is 20.8 Å². The van der Waals surface area contributed by atoms with Crippen LogP contribution in [0.15, 0.2) is 0 Å². The number of hydrogen-bond donors (Lipinski definition) is 2. The van der Waals surface area contributed by atoms with Crippen molar-refractivity contribution < 1.29 is 9.90 Å². The number of rotatable bonds is 5. The van der Waals surface area contributed by atoms with Crippen molar-refractivity contribution in [3.63, 3.8) is 0 Å². The molecule has 0 aromatic carbocycles. The Hall–Kier alpha value is -0.940. The topological polar surface area (TPSA) is 76.2 Å². The summed E-state index contributed by atoms with van der Waals surface area (Å²) in [4.78, 5) is 15.8. The van der Waals surface area contributed by atoms with Crippen molar-refractivity contribution >= 4 is 17.3 Å². The largest absolute Gasteiger partial charge is 0.477 e. The van der Waals surface area contributed by atoms with E-state index in [4.69, 9.17) is 10.8 Å². The molecule has 1 atom stereocenters. The molecular formula is C11H18N2O2S. The zero-order chi connectivity index (χ0) is 12.3. The standard InChI is InChI=1S/C11H18N2O2S/c1-4-7(12)5-8-13-9(6(2)3)10(16-8)11(14)15/h6-7H,4-5,12H2,1-3H3,(H,14,15). The van der Waals surface area contributed by atoms with Gasteiger partial charge in [-0.3, -0.25) is 0 Å². The highest BCUT2D eigenvalue weighted by atomic mass is 32.1. The molecule has 0 saturated carbocycles. The normalized spacial score (nSPS) is 13.1. The number of carboxylic acid groups (broad SMARTS) is 1. The van der Waals surface area contributed by atoms with Crippen molar-refractivity contribution in [2.75, 3.05) is 0 Å². The fourth-order valence-corrected chi connectivity index (χ4v) is 2.53. The summed E-state index contributed by atoms with van der Waals surface area (Å²) in [6.07, 6.45) is 1.53. The minimum atomic E-state index is -0.891. The van der Waals surface area contributed by atoms with Crippen molar-refractivity contribution in [1.82, 2.24) is 4.98 Å². The third-order valence-corrected chi connectivity index (χ3v) is 3.48. The average Bonchev–Trinajstić information content (AvgIpc) is 2.61. The maximum atomic E-state index is 11.0. The van der Waals surface area contributed by atoms with Crippen LogP contribution in [0.2, 0.25) is 0 Å². The molecule has 0 fully saturated rings. The van der Waals surface area contributed by atoms with Crippen LogP contribution in [0.5, 0.6) is 0 Å². The smallest absolute Gasteiger partial charge is 0.347 e. The molecule has 0 aliphatic carbocycles. The Morgan fingerprint density at radius 2 is 2.19 bits per heavy atom. The second-order valence-electron chi connectivity index (χ2n) is 4.15. The molecule has 0 bridgehead atoms. The Kier molecular flexibility index (Phi) is 4.44. The molecule has 0 spiro atoms. The lowest BCUT2D eigenvalue weighted by Gasteiger charge is -2.04. The van der Waals surface area contributed by atoms with E-state index in [1.165, 1.54) is 11.3 Å². The lowest BCUT2D eigenvalue weighted by molar-refractivity contribution is 0.0700. The van der Waals surface area contributed by atoms with Gasteiger partial charge in [0.1, 0.15) is 4.88 Å². The summed E-state index contributed by atoms with van der Waals surface area (Å²) in [5, 5.41) is 9.89. The fourth-order valence-electron chi connectivity index (χ4n) is 1.38. The minimum absolute atomic E-state index is 0.0628. The Morgan fingerprint density at radius 3 is 2.56 bits per heavy atom. The second-order valence-corrected chi connectivity index (χ2v) is 5.24. The molecular weight excluding hydrogens is 224 g/mol. The molecule has 0 saturated heterocycles. The van der Waals surface area contributed by atoms with Crippen molar-refractivity contribution in [3.05, 3.63) is 15.6 Å². The fraction of sp³-hybridized carbons (Fsp3) is 0.636. The van der Waals surface area contributed by atoms with Crippen LogP contribution in [-0.2, 0) is 6.42 Å². The Labute approximate surface area is 99.5 Å². The average molecular weight is 242 g/mol. The highest BCUT2D eigenvalue weighted by molar-refractivity contribution is 7.13. The van der Waals surface area contributed by atoms with Crippen LogP contribution in [0.3, 0.4) is 0 Å². The van der Waals surface area contributed by atoms with Gasteiger partial charge in [0, 0.05) is 12.5 Å². The summed E-state index contributed by atoms with van der Waals surface area (Å²) in [5.41, 5.74) is 6.51. The van der Waals surface area contributed by atoms with E-state index in [9.17, 15) is 4.79 Å². The van der Waals surface area contributed by atoms with E-state index >= 15 is 0 Å². The first-order valence-corrected chi connectivity index (χ1v) is 6.25. The molecule has 4 nitrogen and oxygen atoms in total. The quantitative estimate of drug-likeness (QED) is 0.830. The van der Waals surface area contributed by atoms with Gasteiger partial charge in [-0.2, -0.15) is 0 Å². The van der Waals surface area contributed by atoms with Crippen LogP contribution in [0.1, 0.15) is 53.5 Å². The van der Waals surface area contributed by atoms with Crippen LogP contribution >= 0.6 is 11.3 Å². The molecule has 0 aliphatic rings. The number of nitrogens with zero attached hydrogens (tertiary/aromatic N) is 1. The van der Waals surface area contributed by atoms with Crippen LogP contribution in [0, 0.1) is 0 Å². The summed E-state index contributed by atoms with van der Waals surface area (Å²) < 4.78 is 0. The van der Waals surface area contributed by atoms with E-state index in [-0.39, 0.29) is 12.0 Å². The van der Waals surface area contributed by atoms with Gasteiger partial charge in [-0.15, -0.1) is 11.3 Å². The molecule has 0 amide bonds. The summed E-state index contributed by atoms with van der Waals surface area (Å²) >= 11 is 1.25. The predicted molar refractivity (Wildman–Crippen MR) is 65.1 cm³/mol. The highest BCUT2D eigenvalue weighted by Crippen LogP contribution is 2.25. The Morgan fingerprint density at radius 1 is 1.56 bits per heavy atom. The maximum Gasteiger partial charge on any atom is 0.347 e. The van der Waals surface area contributed by atoms with Crippen molar-refractivity contribution in [3.8, 4) is 0 Å². The van der Waals surface area contributed by atoms with Gasteiger partial charge >= 0.3 is 5.97 Å². The first-order valence-electron chi connectivity index (χ1n) is 5.44. The van der Waals surface area contributed by atoms with Crippen molar-refractivity contribution in [2.24, 2.45) is 5.73 Å². The third kappa shape index (κ3) is 3.02. The molecule has 1 aromatic rings. The van der Waals surface area contributed by atoms with E-state index in [0.29, 0.717) is 17.0 Å². The maximum absolute atomic E-state index is 11.0. The van der Waals surface area contributed by atoms with Crippen LogP contribution in [0.25, 0.3) is 0 Å². The van der Waals surface area contributed by atoms with E-state index in [2.05, 4.69) is 4.98 Å². The van der Waals surface area contributed by atoms with Gasteiger partial charge in [-0.05, 0) is 12.3 Å². The minimum Gasteiger partial charge on any atom is -0.477 e. The molecule has 90 valence electrons. The third-order valence-electron chi connectivity index (χ3n) is 2.40. The van der Waals surface area contributed by atoms with Crippen LogP contribution in [0.4, 0.5) is 0 Å². The number of nitrogens with two attached hydrogens (primary N) is 1. The molecule has 1 unspecified atom stereocenters. The Bertz CT molecular complexity index is 374. The molecule has 0 aliphatic heterocycles. The highest BCUT2D eigenvalue weighted by Gasteiger charge is 2.20. The van der Waals surface area contributed by atoms with Gasteiger partial charge in [0.05, 0.1) is 10.7 Å².